The summed E-state index contributed by atoms with van der Waals surface area (Å²) in [7, 11) is -3.51. The molecule has 0 bridgehead atoms. The molecule has 4 rings (SSSR count). The van der Waals surface area contributed by atoms with E-state index in [4.69, 9.17) is 0 Å². The lowest BCUT2D eigenvalue weighted by Crippen LogP contribution is -2.19. The summed E-state index contributed by atoms with van der Waals surface area (Å²) in [5.41, 5.74) is 2.97. The molecule has 1 aromatic heterocycles. The number of fused-ring (bicyclic) bond motifs is 1. The Labute approximate surface area is 157 Å². The van der Waals surface area contributed by atoms with Crippen molar-refractivity contribution in [3.63, 3.8) is 0 Å². The number of amides is 1. The van der Waals surface area contributed by atoms with Crippen molar-refractivity contribution >= 4 is 21.6 Å². The predicted molar refractivity (Wildman–Crippen MR) is 103 cm³/mol. The van der Waals surface area contributed by atoms with Gasteiger partial charge in [0.2, 0.25) is 0 Å². The number of aromatic nitrogens is 2. The third-order valence-corrected chi connectivity index (χ3v) is 5.83. The molecule has 1 amide bonds. The number of sulfone groups is 1. The van der Waals surface area contributed by atoms with Crippen LogP contribution in [-0.2, 0) is 22.7 Å². The van der Waals surface area contributed by atoms with Crippen LogP contribution in [0.1, 0.15) is 28.0 Å². The largest absolute Gasteiger partial charge is 0.306 e. The van der Waals surface area contributed by atoms with Crippen LogP contribution in [0.4, 0.5) is 5.82 Å². The van der Waals surface area contributed by atoms with Gasteiger partial charge in [0.15, 0.2) is 9.84 Å². The highest BCUT2D eigenvalue weighted by Gasteiger charge is 2.26. The number of hydrogen-bond donors (Lipinski definition) is 1. The molecule has 0 aliphatic heterocycles. The van der Waals surface area contributed by atoms with Crippen LogP contribution < -0.4 is 5.32 Å². The standard InChI is InChI=1S/C20H19N3O3S/c1-27(25,26)18-13-6-5-10-16(18)20(24)21-19-15-11-7-12-17(15)22-23(19)14-8-3-2-4-9-14/h2-6,8-10,13H,7,11-12H2,1H3,(H,21,24). The summed E-state index contributed by atoms with van der Waals surface area (Å²) in [5, 5.41) is 7.58. The van der Waals surface area contributed by atoms with Crippen molar-refractivity contribution in [3.05, 3.63) is 71.4 Å². The quantitative estimate of drug-likeness (QED) is 0.753. The summed E-state index contributed by atoms with van der Waals surface area (Å²) in [4.78, 5) is 13.0. The minimum absolute atomic E-state index is 0.0184. The molecule has 0 saturated carbocycles. The zero-order valence-corrected chi connectivity index (χ0v) is 15.7. The lowest BCUT2D eigenvalue weighted by molar-refractivity contribution is 0.102. The van der Waals surface area contributed by atoms with Gasteiger partial charge in [-0.1, -0.05) is 30.3 Å². The monoisotopic (exact) mass is 381 g/mol. The SMILES string of the molecule is CS(=O)(=O)c1ccccc1C(=O)Nc1c2c(nn1-c1ccccc1)CCC2. The molecule has 7 heteroatoms. The van der Waals surface area contributed by atoms with E-state index in [1.165, 1.54) is 12.1 Å². The fourth-order valence-corrected chi connectivity index (χ4v) is 4.31. The second kappa shape index (κ2) is 6.66. The van der Waals surface area contributed by atoms with Gasteiger partial charge < -0.3 is 5.32 Å². The zero-order chi connectivity index (χ0) is 19.0. The van der Waals surface area contributed by atoms with E-state index in [0.29, 0.717) is 5.82 Å². The Balaban J connectivity index is 1.77. The molecule has 27 heavy (non-hydrogen) atoms. The first-order valence-corrected chi connectivity index (χ1v) is 10.6. The van der Waals surface area contributed by atoms with Gasteiger partial charge in [0.1, 0.15) is 5.82 Å². The Bertz CT molecular complexity index is 1120. The second-order valence-electron chi connectivity index (χ2n) is 6.60. The molecular weight excluding hydrogens is 362 g/mol. The fraction of sp³-hybridized carbons (Fsp3) is 0.200. The van der Waals surface area contributed by atoms with Crippen LogP contribution in [0.2, 0.25) is 0 Å². The molecule has 1 aliphatic carbocycles. The Morgan fingerprint density at radius 1 is 1.04 bits per heavy atom. The summed E-state index contributed by atoms with van der Waals surface area (Å²) in [6.07, 6.45) is 3.81. The average Bonchev–Trinajstić information content (AvgIpc) is 3.24. The van der Waals surface area contributed by atoms with Gasteiger partial charge in [0.05, 0.1) is 21.8 Å². The molecule has 0 spiro atoms. The topological polar surface area (TPSA) is 81.1 Å². The summed E-state index contributed by atoms with van der Waals surface area (Å²) >= 11 is 0. The zero-order valence-electron chi connectivity index (χ0n) is 14.8. The van der Waals surface area contributed by atoms with E-state index in [9.17, 15) is 13.2 Å². The third kappa shape index (κ3) is 3.26. The number of hydrogen-bond acceptors (Lipinski definition) is 4. The number of carbonyl (C=O) groups is 1. The van der Waals surface area contributed by atoms with E-state index < -0.39 is 15.7 Å². The van der Waals surface area contributed by atoms with Crippen LogP contribution in [0.3, 0.4) is 0 Å². The van der Waals surface area contributed by atoms with Crippen LogP contribution >= 0.6 is 0 Å². The van der Waals surface area contributed by atoms with Crippen LogP contribution in [0.15, 0.2) is 59.5 Å². The maximum Gasteiger partial charge on any atom is 0.258 e. The molecule has 1 aliphatic rings. The molecular formula is C20H19N3O3S. The molecule has 138 valence electrons. The predicted octanol–water partition coefficient (Wildman–Crippen LogP) is 3.02. The van der Waals surface area contributed by atoms with Gasteiger partial charge in [-0.2, -0.15) is 5.10 Å². The minimum Gasteiger partial charge on any atom is -0.306 e. The number of benzene rings is 2. The minimum atomic E-state index is -3.51. The van der Waals surface area contributed by atoms with Gasteiger partial charge in [0.25, 0.3) is 5.91 Å². The summed E-state index contributed by atoms with van der Waals surface area (Å²) in [5.74, 6) is 0.157. The molecule has 0 saturated heterocycles. The highest BCUT2D eigenvalue weighted by molar-refractivity contribution is 7.90. The van der Waals surface area contributed by atoms with E-state index in [2.05, 4.69) is 10.4 Å². The molecule has 0 radical (unpaired) electrons. The maximum absolute atomic E-state index is 12.9. The molecule has 1 heterocycles. The van der Waals surface area contributed by atoms with Crippen molar-refractivity contribution in [1.82, 2.24) is 9.78 Å². The summed E-state index contributed by atoms with van der Waals surface area (Å²) in [6.45, 7) is 0. The summed E-state index contributed by atoms with van der Waals surface area (Å²) in [6, 6.07) is 15.8. The second-order valence-corrected chi connectivity index (χ2v) is 8.58. The number of carbonyl (C=O) groups excluding carboxylic acids is 1. The van der Waals surface area contributed by atoms with E-state index >= 15 is 0 Å². The molecule has 2 aromatic carbocycles. The average molecular weight is 381 g/mol. The van der Waals surface area contributed by atoms with Crippen molar-refractivity contribution in [2.24, 2.45) is 0 Å². The van der Waals surface area contributed by atoms with Crippen molar-refractivity contribution in [3.8, 4) is 5.69 Å². The van der Waals surface area contributed by atoms with Gasteiger partial charge in [0, 0.05) is 11.8 Å². The van der Waals surface area contributed by atoms with Crippen molar-refractivity contribution in [2.45, 2.75) is 24.2 Å². The number of aryl methyl sites for hydroxylation is 1. The van der Waals surface area contributed by atoms with Crippen molar-refractivity contribution < 1.29 is 13.2 Å². The van der Waals surface area contributed by atoms with E-state index in [1.54, 1.807) is 16.8 Å². The number of nitrogens with zero attached hydrogens (tertiary/aromatic N) is 2. The van der Waals surface area contributed by atoms with E-state index in [0.717, 1.165) is 42.5 Å². The fourth-order valence-electron chi connectivity index (χ4n) is 3.43. The lowest BCUT2D eigenvalue weighted by Gasteiger charge is -2.12. The Morgan fingerprint density at radius 3 is 2.48 bits per heavy atom. The lowest BCUT2D eigenvalue weighted by atomic mass is 10.2. The van der Waals surface area contributed by atoms with Gasteiger partial charge in [-0.25, -0.2) is 13.1 Å². The molecule has 0 atom stereocenters. The number of anilines is 1. The number of nitrogens with one attached hydrogen (secondary N) is 1. The smallest absolute Gasteiger partial charge is 0.258 e. The maximum atomic E-state index is 12.9. The van der Waals surface area contributed by atoms with Gasteiger partial charge in [-0.3, -0.25) is 4.79 Å². The van der Waals surface area contributed by atoms with Crippen LogP contribution in [0, 0.1) is 0 Å². The van der Waals surface area contributed by atoms with E-state index in [1.807, 2.05) is 30.3 Å². The van der Waals surface area contributed by atoms with Crippen molar-refractivity contribution in [1.29, 1.82) is 0 Å². The Hall–Kier alpha value is -2.93. The highest BCUT2D eigenvalue weighted by atomic mass is 32.2. The van der Waals surface area contributed by atoms with Gasteiger partial charge in [-0.15, -0.1) is 0 Å². The van der Waals surface area contributed by atoms with Crippen LogP contribution in [-0.4, -0.2) is 30.4 Å². The van der Waals surface area contributed by atoms with E-state index in [-0.39, 0.29) is 10.5 Å². The normalized spacial score (nSPS) is 13.4. The molecule has 1 N–H and O–H groups in total. The molecule has 0 fully saturated rings. The third-order valence-electron chi connectivity index (χ3n) is 4.67. The number of rotatable bonds is 4. The van der Waals surface area contributed by atoms with Crippen LogP contribution in [0.25, 0.3) is 5.69 Å². The van der Waals surface area contributed by atoms with Gasteiger partial charge in [-0.05, 0) is 43.5 Å². The highest BCUT2D eigenvalue weighted by Crippen LogP contribution is 2.31. The first kappa shape index (κ1) is 17.5. The first-order valence-electron chi connectivity index (χ1n) is 8.72. The molecule has 0 unspecified atom stereocenters. The van der Waals surface area contributed by atoms with Gasteiger partial charge >= 0.3 is 0 Å². The van der Waals surface area contributed by atoms with Crippen molar-refractivity contribution in [2.75, 3.05) is 11.6 Å². The molecule has 3 aromatic rings. The van der Waals surface area contributed by atoms with Crippen LogP contribution in [0.5, 0.6) is 0 Å². The first-order chi connectivity index (χ1) is 12.9. The molecule has 6 nitrogen and oxygen atoms in total. The Kier molecular flexibility index (Phi) is 4.31. The Morgan fingerprint density at radius 2 is 1.74 bits per heavy atom. The summed E-state index contributed by atoms with van der Waals surface area (Å²) < 4.78 is 25.8. The number of para-hydroxylation sites is 1.